The van der Waals surface area contributed by atoms with Gasteiger partial charge in [0.25, 0.3) is 0 Å². The zero-order chi connectivity index (χ0) is 13.1. The van der Waals surface area contributed by atoms with E-state index in [2.05, 4.69) is 45.2 Å². The highest BCUT2D eigenvalue weighted by atomic mass is 79.9. The third-order valence-corrected chi connectivity index (χ3v) is 4.49. The number of aromatic nitrogens is 1. The fourth-order valence-corrected chi connectivity index (χ4v) is 3.48. The quantitative estimate of drug-likeness (QED) is 0.916. The minimum atomic E-state index is 0.207. The van der Waals surface area contributed by atoms with Crippen LogP contribution in [-0.2, 0) is 6.54 Å². The molecule has 0 saturated heterocycles. The summed E-state index contributed by atoms with van der Waals surface area (Å²) in [6.07, 6.45) is 0. The minimum absolute atomic E-state index is 0.207. The summed E-state index contributed by atoms with van der Waals surface area (Å²) in [4.78, 5) is 3.45. The van der Waals surface area contributed by atoms with Crippen LogP contribution in [0.2, 0.25) is 0 Å². The highest BCUT2D eigenvalue weighted by molar-refractivity contribution is 9.11. The molecule has 0 aliphatic rings. The molecule has 2 rings (SSSR count). The maximum absolute atomic E-state index is 5.88. The van der Waals surface area contributed by atoms with Crippen molar-refractivity contribution in [1.29, 1.82) is 0 Å². The summed E-state index contributed by atoms with van der Waals surface area (Å²) in [6, 6.07) is 6.32. The summed E-state index contributed by atoms with van der Waals surface area (Å²) in [5, 5.41) is 4.01. The lowest BCUT2D eigenvalue weighted by Gasteiger charge is -2.24. The molecule has 2 N–H and O–H groups in total. The maximum atomic E-state index is 5.88. The van der Waals surface area contributed by atoms with E-state index in [1.54, 1.807) is 11.3 Å². The van der Waals surface area contributed by atoms with Crippen LogP contribution >= 0.6 is 27.3 Å². The molecule has 0 spiro atoms. The van der Waals surface area contributed by atoms with Gasteiger partial charge >= 0.3 is 0 Å². The van der Waals surface area contributed by atoms with Crippen LogP contribution in [0.3, 0.4) is 0 Å². The van der Waals surface area contributed by atoms with Gasteiger partial charge in [0.2, 0.25) is 0 Å². The molecule has 0 aliphatic heterocycles. The average molecular weight is 330 g/mol. The Hall–Kier alpha value is -0.690. The zero-order valence-electron chi connectivity index (χ0n) is 10.4. The predicted molar refractivity (Wildman–Crippen MR) is 76.5 cm³/mol. The van der Waals surface area contributed by atoms with Crippen molar-refractivity contribution >= 4 is 27.3 Å². The SMILES string of the molecule is Cc1cc(CN(C)C(CN)c2ccc(Br)s2)no1. The minimum Gasteiger partial charge on any atom is -0.361 e. The van der Waals surface area contributed by atoms with Crippen LogP contribution in [0.25, 0.3) is 0 Å². The number of halogens is 1. The Morgan fingerprint density at radius 2 is 2.33 bits per heavy atom. The Labute approximate surface area is 119 Å². The van der Waals surface area contributed by atoms with Crippen LogP contribution in [0.1, 0.15) is 22.4 Å². The lowest BCUT2D eigenvalue weighted by molar-refractivity contribution is 0.237. The van der Waals surface area contributed by atoms with E-state index in [0.29, 0.717) is 6.54 Å². The van der Waals surface area contributed by atoms with Crippen molar-refractivity contribution in [1.82, 2.24) is 10.1 Å². The largest absolute Gasteiger partial charge is 0.361 e. The molecule has 2 aromatic rings. The smallest absolute Gasteiger partial charge is 0.133 e. The predicted octanol–water partition coefficient (Wildman–Crippen LogP) is 2.94. The van der Waals surface area contributed by atoms with Crippen LogP contribution in [0.15, 0.2) is 26.5 Å². The van der Waals surface area contributed by atoms with Crippen molar-refractivity contribution in [3.63, 3.8) is 0 Å². The first-order valence-corrected chi connectivity index (χ1v) is 7.29. The number of aryl methyl sites for hydroxylation is 1. The van der Waals surface area contributed by atoms with Gasteiger partial charge in [0.05, 0.1) is 15.5 Å². The van der Waals surface area contributed by atoms with E-state index >= 15 is 0 Å². The van der Waals surface area contributed by atoms with Gasteiger partial charge in [-0.05, 0) is 42.0 Å². The van der Waals surface area contributed by atoms with Gasteiger partial charge in [-0.2, -0.15) is 0 Å². The fraction of sp³-hybridized carbons (Fsp3) is 0.417. The second-order valence-electron chi connectivity index (χ2n) is 4.24. The van der Waals surface area contributed by atoms with Crippen LogP contribution in [0.4, 0.5) is 0 Å². The number of thiophene rings is 1. The molecule has 0 aromatic carbocycles. The van der Waals surface area contributed by atoms with E-state index in [9.17, 15) is 0 Å². The number of rotatable bonds is 5. The van der Waals surface area contributed by atoms with Crippen molar-refractivity contribution in [2.24, 2.45) is 5.73 Å². The molecule has 6 heteroatoms. The first kappa shape index (κ1) is 13.7. The van der Waals surface area contributed by atoms with Crippen molar-refractivity contribution in [3.8, 4) is 0 Å². The normalized spacial score (nSPS) is 13.2. The van der Waals surface area contributed by atoms with E-state index < -0.39 is 0 Å². The second-order valence-corrected chi connectivity index (χ2v) is 6.73. The van der Waals surface area contributed by atoms with E-state index in [1.807, 2.05) is 13.0 Å². The first-order chi connectivity index (χ1) is 8.60. The zero-order valence-corrected chi connectivity index (χ0v) is 12.8. The summed E-state index contributed by atoms with van der Waals surface area (Å²) in [6.45, 7) is 3.21. The van der Waals surface area contributed by atoms with Gasteiger partial charge in [0, 0.05) is 24.0 Å². The molecule has 0 saturated carbocycles. The molecule has 0 bridgehead atoms. The summed E-state index contributed by atoms with van der Waals surface area (Å²) in [5.41, 5.74) is 6.81. The third kappa shape index (κ3) is 3.20. The van der Waals surface area contributed by atoms with E-state index in [1.165, 1.54) is 4.88 Å². The van der Waals surface area contributed by atoms with Crippen LogP contribution in [-0.4, -0.2) is 23.6 Å². The van der Waals surface area contributed by atoms with Gasteiger partial charge in [-0.3, -0.25) is 4.90 Å². The lowest BCUT2D eigenvalue weighted by atomic mass is 10.2. The molecule has 2 heterocycles. The Morgan fingerprint density at radius 3 is 2.83 bits per heavy atom. The second kappa shape index (κ2) is 5.97. The molecular formula is C12H16BrN3OS. The van der Waals surface area contributed by atoms with Gasteiger partial charge in [-0.25, -0.2) is 0 Å². The van der Waals surface area contributed by atoms with E-state index in [-0.39, 0.29) is 6.04 Å². The summed E-state index contributed by atoms with van der Waals surface area (Å²) in [5.74, 6) is 0.835. The monoisotopic (exact) mass is 329 g/mol. The van der Waals surface area contributed by atoms with Crippen LogP contribution < -0.4 is 5.73 Å². The van der Waals surface area contributed by atoms with Crippen LogP contribution in [0, 0.1) is 6.92 Å². The number of hydrogen-bond acceptors (Lipinski definition) is 5. The number of hydrogen-bond donors (Lipinski definition) is 1. The first-order valence-electron chi connectivity index (χ1n) is 5.68. The molecule has 2 aromatic heterocycles. The van der Waals surface area contributed by atoms with Gasteiger partial charge < -0.3 is 10.3 Å². The standard InChI is InChI=1S/C12H16BrN3OS/c1-8-5-9(15-17-8)7-16(2)10(6-14)11-3-4-12(13)18-11/h3-5,10H,6-7,14H2,1-2H3. The van der Waals surface area contributed by atoms with E-state index in [0.717, 1.165) is 21.8 Å². The number of nitrogens with zero attached hydrogens (tertiary/aromatic N) is 2. The van der Waals surface area contributed by atoms with Gasteiger partial charge in [0.1, 0.15) is 5.76 Å². The van der Waals surface area contributed by atoms with Crippen LogP contribution in [0.5, 0.6) is 0 Å². The molecule has 98 valence electrons. The molecule has 1 unspecified atom stereocenters. The molecule has 0 amide bonds. The summed E-state index contributed by atoms with van der Waals surface area (Å²) < 4.78 is 6.20. The molecule has 0 radical (unpaired) electrons. The fourth-order valence-electron chi connectivity index (χ4n) is 1.88. The average Bonchev–Trinajstić information content (AvgIpc) is 2.89. The topological polar surface area (TPSA) is 55.3 Å². The molecule has 18 heavy (non-hydrogen) atoms. The van der Waals surface area contributed by atoms with Crippen molar-refractivity contribution in [2.75, 3.05) is 13.6 Å². The van der Waals surface area contributed by atoms with Crippen molar-refractivity contribution in [2.45, 2.75) is 19.5 Å². The van der Waals surface area contributed by atoms with Gasteiger partial charge in [-0.1, -0.05) is 5.16 Å². The number of likely N-dealkylation sites (N-methyl/N-ethyl adjacent to an activating group) is 1. The Bertz CT molecular complexity index is 511. The highest BCUT2D eigenvalue weighted by Gasteiger charge is 2.18. The van der Waals surface area contributed by atoms with Gasteiger partial charge in [-0.15, -0.1) is 11.3 Å². The highest BCUT2D eigenvalue weighted by Crippen LogP contribution is 2.30. The Kier molecular flexibility index (Phi) is 4.55. The van der Waals surface area contributed by atoms with Gasteiger partial charge in [0.15, 0.2) is 0 Å². The third-order valence-electron chi connectivity index (χ3n) is 2.77. The van der Waals surface area contributed by atoms with E-state index in [4.69, 9.17) is 10.3 Å². The molecule has 0 aliphatic carbocycles. The maximum Gasteiger partial charge on any atom is 0.133 e. The van der Waals surface area contributed by atoms with Crippen molar-refractivity contribution in [3.05, 3.63) is 38.3 Å². The van der Waals surface area contributed by atoms with Crippen molar-refractivity contribution < 1.29 is 4.52 Å². The summed E-state index contributed by atoms with van der Waals surface area (Å²) >= 11 is 5.20. The molecule has 4 nitrogen and oxygen atoms in total. The number of nitrogens with two attached hydrogens (primary N) is 1. The Morgan fingerprint density at radius 1 is 1.56 bits per heavy atom. The molecular weight excluding hydrogens is 314 g/mol. The molecule has 0 fully saturated rings. The molecule has 1 atom stereocenters. The Balaban J connectivity index is 2.08. The summed E-state index contributed by atoms with van der Waals surface area (Å²) in [7, 11) is 2.05. The lowest BCUT2D eigenvalue weighted by Crippen LogP contribution is -2.29.